The van der Waals surface area contributed by atoms with Gasteiger partial charge in [-0.15, -0.1) is 0 Å². The molecular weight excluding hydrogens is 411 g/mol. The lowest BCUT2D eigenvalue weighted by molar-refractivity contribution is -0.182. The summed E-state index contributed by atoms with van der Waals surface area (Å²) in [4.78, 5) is 11.8. The van der Waals surface area contributed by atoms with E-state index in [0.717, 1.165) is 0 Å². The summed E-state index contributed by atoms with van der Waals surface area (Å²) in [6.07, 6.45) is -2.72. The van der Waals surface area contributed by atoms with Gasteiger partial charge in [-0.1, -0.05) is 38.1 Å². The van der Waals surface area contributed by atoms with E-state index in [2.05, 4.69) is 0 Å². The largest absolute Gasteiger partial charge is 0.428 e. The van der Waals surface area contributed by atoms with Gasteiger partial charge in [-0.05, 0) is 36.6 Å². The van der Waals surface area contributed by atoms with E-state index in [9.17, 15) is 18.0 Å². The van der Waals surface area contributed by atoms with E-state index >= 15 is 0 Å². The highest BCUT2D eigenvalue weighted by molar-refractivity contribution is 5.78. The van der Waals surface area contributed by atoms with Gasteiger partial charge in [0, 0.05) is 24.2 Å². The Labute approximate surface area is 177 Å². The number of benzene rings is 2. The molecule has 2 heterocycles. The number of hydrogen-bond donors (Lipinski definition) is 1. The van der Waals surface area contributed by atoms with Crippen LogP contribution in [-0.4, -0.2) is 22.3 Å². The van der Waals surface area contributed by atoms with Crippen molar-refractivity contribution in [1.82, 2.24) is 4.57 Å². The van der Waals surface area contributed by atoms with Gasteiger partial charge in [0.25, 0.3) is 0 Å². The van der Waals surface area contributed by atoms with Gasteiger partial charge in [0.05, 0.1) is 11.4 Å². The second kappa shape index (κ2) is 9.43. The first-order valence-electron chi connectivity index (χ1n) is 9.90. The molecule has 0 saturated heterocycles. The lowest BCUT2D eigenvalue weighted by atomic mass is 9.96. The van der Waals surface area contributed by atoms with Crippen molar-refractivity contribution in [2.45, 2.75) is 39.5 Å². The minimum atomic E-state index is -4.24. The standard InChI is InChI=1S/C16H18F3NO.C7H6O3/c1-11(2)9-12(16(17,18)19)10-20-8-7-15(21)13-5-3-4-6-14(13)20;8-7-9-5-3-1-2-4-6(5)10-7/h3-8,11-12H,9-10H2,1-2H3;1-4,7-8H. The second-order valence-electron chi connectivity index (χ2n) is 7.71. The van der Waals surface area contributed by atoms with Crippen LogP contribution in [-0.2, 0) is 6.54 Å². The second-order valence-corrected chi connectivity index (χ2v) is 7.71. The Morgan fingerprint density at radius 3 is 2.16 bits per heavy atom. The highest BCUT2D eigenvalue weighted by atomic mass is 19.4. The number of hydrogen-bond acceptors (Lipinski definition) is 4. The van der Waals surface area contributed by atoms with Crippen LogP contribution in [0.2, 0.25) is 0 Å². The molecule has 4 rings (SSSR count). The van der Waals surface area contributed by atoms with Gasteiger partial charge in [0.1, 0.15) is 0 Å². The zero-order valence-electron chi connectivity index (χ0n) is 17.2. The van der Waals surface area contributed by atoms with E-state index in [1.54, 1.807) is 50.2 Å². The van der Waals surface area contributed by atoms with E-state index in [1.165, 1.54) is 16.8 Å². The summed E-state index contributed by atoms with van der Waals surface area (Å²) >= 11 is 0. The predicted octanol–water partition coefficient (Wildman–Crippen LogP) is 4.96. The Hall–Kier alpha value is -3.00. The molecule has 0 fully saturated rings. The molecule has 2 aromatic carbocycles. The maximum Gasteiger partial charge on any atom is 0.393 e. The van der Waals surface area contributed by atoms with Crippen LogP contribution in [0.25, 0.3) is 10.9 Å². The number of fused-ring (bicyclic) bond motifs is 2. The van der Waals surface area contributed by atoms with Gasteiger partial charge < -0.3 is 19.1 Å². The maximum atomic E-state index is 13.2. The molecule has 3 aromatic rings. The summed E-state index contributed by atoms with van der Waals surface area (Å²) in [6.45, 7) is 2.27. The smallest absolute Gasteiger partial charge is 0.393 e. The average Bonchev–Trinajstić information content (AvgIpc) is 3.09. The fraction of sp³-hybridized carbons (Fsp3) is 0.348. The van der Waals surface area contributed by atoms with E-state index in [0.29, 0.717) is 22.4 Å². The number of aromatic nitrogens is 1. The lowest BCUT2D eigenvalue weighted by Crippen LogP contribution is -2.29. The molecule has 166 valence electrons. The van der Waals surface area contributed by atoms with Gasteiger partial charge in [0.2, 0.25) is 0 Å². The fourth-order valence-electron chi connectivity index (χ4n) is 3.42. The SMILES string of the molecule is CC(C)CC(Cn1ccc(=O)c2ccccc21)C(F)(F)F.OC1Oc2ccccc2O1. The quantitative estimate of drug-likeness (QED) is 0.629. The molecule has 1 aliphatic rings. The number of halogens is 3. The van der Waals surface area contributed by atoms with Gasteiger partial charge in [-0.25, -0.2) is 0 Å². The fourth-order valence-corrected chi connectivity index (χ4v) is 3.42. The number of nitrogens with zero attached hydrogens (tertiary/aromatic N) is 1. The summed E-state index contributed by atoms with van der Waals surface area (Å²) in [7, 11) is 0. The molecule has 0 spiro atoms. The lowest BCUT2D eigenvalue weighted by Gasteiger charge is -2.24. The van der Waals surface area contributed by atoms with Gasteiger partial charge in [0.15, 0.2) is 16.9 Å². The zero-order chi connectivity index (χ0) is 22.6. The molecule has 0 aliphatic carbocycles. The Kier molecular flexibility index (Phi) is 6.90. The number of rotatable bonds is 4. The molecule has 5 nitrogen and oxygen atoms in total. The number of aliphatic hydroxyl groups excluding tert-OH is 1. The normalized spacial score (nSPS) is 14.4. The summed E-state index contributed by atoms with van der Waals surface area (Å²) in [6, 6.07) is 15.2. The highest BCUT2D eigenvalue weighted by Gasteiger charge is 2.39. The van der Waals surface area contributed by atoms with Gasteiger partial charge in [-0.3, -0.25) is 4.79 Å². The number of pyridine rings is 1. The highest BCUT2D eigenvalue weighted by Crippen LogP contribution is 2.33. The first-order valence-corrected chi connectivity index (χ1v) is 9.90. The topological polar surface area (TPSA) is 60.7 Å². The summed E-state index contributed by atoms with van der Waals surface area (Å²) in [5, 5.41) is 9.26. The summed E-state index contributed by atoms with van der Waals surface area (Å²) in [5.74, 6) is -0.268. The molecule has 1 aromatic heterocycles. The number of ether oxygens (including phenoxy) is 2. The van der Waals surface area contributed by atoms with Crippen molar-refractivity contribution in [3.8, 4) is 11.5 Å². The molecule has 1 N–H and O–H groups in total. The molecule has 1 unspecified atom stereocenters. The first-order chi connectivity index (χ1) is 14.6. The Balaban J connectivity index is 0.000000225. The van der Waals surface area contributed by atoms with Crippen LogP contribution in [0.3, 0.4) is 0 Å². The molecule has 0 saturated carbocycles. The minimum Gasteiger partial charge on any atom is -0.428 e. The monoisotopic (exact) mass is 435 g/mol. The summed E-state index contributed by atoms with van der Waals surface area (Å²) < 4.78 is 50.7. The third-order valence-corrected chi connectivity index (χ3v) is 4.83. The third-order valence-electron chi connectivity index (χ3n) is 4.83. The Morgan fingerprint density at radius 2 is 1.58 bits per heavy atom. The van der Waals surface area contributed by atoms with Crippen molar-refractivity contribution in [3.05, 3.63) is 71.0 Å². The van der Waals surface area contributed by atoms with Crippen molar-refractivity contribution in [2.75, 3.05) is 0 Å². The van der Waals surface area contributed by atoms with Crippen molar-refractivity contribution >= 4 is 10.9 Å². The minimum absolute atomic E-state index is 0.0396. The van der Waals surface area contributed by atoms with Crippen LogP contribution in [0, 0.1) is 11.8 Å². The molecule has 1 atom stereocenters. The van der Waals surface area contributed by atoms with E-state index in [1.807, 2.05) is 12.1 Å². The Bertz CT molecular complexity index is 1050. The number of alkyl halides is 3. The molecule has 1 aliphatic heterocycles. The van der Waals surface area contributed by atoms with Crippen molar-refractivity contribution < 1.29 is 27.8 Å². The summed E-state index contributed by atoms with van der Waals surface area (Å²) in [5.41, 5.74) is 0.372. The van der Waals surface area contributed by atoms with Crippen LogP contribution in [0.15, 0.2) is 65.6 Å². The maximum absolute atomic E-state index is 13.2. The molecular formula is C23H24F3NO4. The van der Waals surface area contributed by atoms with Crippen LogP contribution in [0.1, 0.15) is 20.3 Å². The van der Waals surface area contributed by atoms with Crippen molar-refractivity contribution in [3.63, 3.8) is 0 Å². The third kappa shape index (κ3) is 5.79. The van der Waals surface area contributed by atoms with Gasteiger partial charge >= 0.3 is 12.7 Å². The zero-order valence-corrected chi connectivity index (χ0v) is 17.2. The first kappa shape index (κ1) is 22.7. The molecule has 31 heavy (non-hydrogen) atoms. The van der Waals surface area contributed by atoms with E-state index < -0.39 is 18.6 Å². The molecule has 0 amide bonds. The number of para-hydroxylation sites is 3. The number of aliphatic hydroxyl groups is 1. The molecule has 0 bridgehead atoms. The molecule has 8 heteroatoms. The van der Waals surface area contributed by atoms with E-state index in [4.69, 9.17) is 14.6 Å². The van der Waals surface area contributed by atoms with Gasteiger partial charge in [-0.2, -0.15) is 13.2 Å². The van der Waals surface area contributed by atoms with Crippen molar-refractivity contribution in [1.29, 1.82) is 0 Å². The van der Waals surface area contributed by atoms with Crippen LogP contribution >= 0.6 is 0 Å². The van der Waals surface area contributed by atoms with Crippen molar-refractivity contribution in [2.24, 2.45) is 11.8 Å². The average molecular weight is 435 g/mol. The Morgan fingerprint density at radius 1 is 1.00 bits per heavy atom. The predicted molar refractivity (Wildman–Crippen MR) is 111 cm³/mol. The van der Waals surface area contributed by atoms with Crippen LogP contribution in [0.5, 0.6) is 11.5 Å². The van der Waals surface area contributed by atoms with Crippen LogP contribution in [0.4, 0.5) is 13.2 Å². The molecule has 0 radical (unpaired) electrons. The van der Waals surface area contributed by atoms with Crippen LogP contribution < -0.4 is 14.9 Å². The van der Waals surface area contributed by atoms with E-state index in [-0.39, 0.29) is 24.3 Å².